The predicted octanol–water partition coefficient (Wildman–Crippen LogP) is 1.45. The molecule has 0 unspecified atom stereocenters. The highest BCUT2D eigenvalue weighted by atomic mass is 16.5. The number of ether oxygens (including phenoxy) is 2. The molecular formula is C13H27NO3. The highest BCUT2D eigenvalue weighted by Gasteiger charge is 2.33. The van der Waals surface area contributed by atoms with Crippen molar-refractivity contribution < 1.29 is 14.6 Å². The fourth-order valence-electron chi connectivity index (χ4n) is 2.04. The van der Waals surface area contributed by atoms with E-state index in [2.05, 4.69) is 6.92 Å². The molecule has 3 atom stereocenters. The standard InChI is InChI=1S/C13H27NO3/c1-2-3-4-5-6-7-8-16-10-12-13(15)11(14)9-17-12/h11-13,15H,2-10,14H2,1H3/t11-,12-,13-/m0/s1. The molecule has 0 aromatic carbocycles. The third-order valence-electron chi connectivity index (χ3n) is 3.25. The summed E-state index contributed by atoms with van der Waals surface area (Å²) in [5.41, 5.74) is 5.64. The average molecular weight is 245 g/mol. The van der Waals surface area contributed by atoms with Gasteiger partial charge in [0.15, 0.2) is 0 Å². The maximum Gasteiger partial charge on any atom is 0.108 e. The topological polar surface area (TPSA) is 64.7 Å². The number of aliphatic hydroxyl groups excluding tert-OH is 1. The van der Waals surface area contributed by atoms with Gasteiger partial charge in [-0.3, -0.25) is 0 Å². The second-order valence-electron chi connectivity index (χ2n) is 4.87. The van der Waals surface area contributed by atoms with E-state index in [-0.39, 0.29) is 12.1 Å². The van der Waals surface area contributed by atoms with Gasteiger partial charge in [0.05, 0.1) is 25.4 Å². The fourth-order valence-corrected chi connectivity index (χ4v) is 2.04. The summed E-state index contributed by atoms with van der Waals surface area (Å²) in [4.78, 5) is 0. The lowest BCUT2D eigenvalue weighted by atomic mass is 10.1. The van der Waals surface area contributed by atoms with Crippen molar-refractivity contribution >= 4 is 0 Å². The van der Waals surface area contributed by atoms with Crippen molar-refractivity contribution in [3.8, 4) is 0 Å². The average Bonchev–Trinajstić information content (AvgIpc) is 2.64. The molecule has 0 saturated carbocycles. The van der Waals surface area contributed by atoms with Crippen LogP contribution < -0.4 is 5.73 Å². The first-order valence-corrected chi connectivity index (χ1v) is 6.88. The molecule has 0 radical (unpaired) electrons. The monoisotopic (exact) mass is 245 g/mol. The molecule has 3 N–H and O–H groups in total. The van der Waals surface area contributed by atoms with Gasteiger partial charge >= 0.3 is 0 Å². The predicted molar refractivity (Wildman–Crippen MR) is 67.9 cm³/mol. The Morgan fingerprint density at radius 3 is 2.59 bits per heavy atom. The number of rotatable bonds is 9. The summed E-state index contributed by atoms with van der Waals surface area (Å²) in [6, 6.07) is -0.252. The van der Waals surface area contributed by atoms with Gasteiger partial charge in [0.25, 0.3) is 0 Å². The molecule has 0 aliphatic carbocycles. The largest absolute Gasteiger partial charge is 0.389 e. The Bertz CT molecular complexity index is 190. The van der Waals surface area contributed by atoms with Gasteiger partial charge in [0, 0.05) is 6.61 Å². The molecule has 4 heteroatoms. The minimum atomic E-state index is -0.570. The molecule has 0 aromatic heterocycles. The van der Waals surface area contributed by atoms with Crippen LogP contribution in [0.25, 0.3) is 0 Å². The zero-order valence-corrected chi connectivity index (χ0v) is 10.9. The highest BCUT2D eigenvalue weighted by Crippen LogP contribution is 2.13. The van der Waals surface area contributed by atoms with Crippen LogP contribution in [0.2, 0.25) is 0 Å². The third kappa shape index (κ3) is 5.82. The van der Waals surface area contributed by atoms with E-state index in [1.165, 1.54) is 32.1 Å². The number of hydrogen-bond donors (Lipinski definition) is 2. The molecule has 1 heterocycles. The zero-order valence-electron chi connectivity index (χ0n) is 10.9. The first-order valence-electron chi connectivity index (χ1n) is 6.88. The number of unbranched alkanes of at least 4 members (excludes halogenated alkanes) is 5. The Labute approximate surface area is 104 Å². The molecule has 0 bridgehead atoms. The lowest BCUT2D eigenvalue weighted by molar-refractivity contribution is -0.0251. The molecule has 1 aliphatic heterocycles. The SMILES string of the molecule is CCCCCCCCOC[C@@H]1OC[C@H](N)[C@@H]1O. The Kier molecular flexibility index (Phi) is 7.77. The first kappa shape index (κ1) is 14.9. The maximum atomic E-state index is 9.63. The number of nitrogens with two attached hydrogens (primary N) is 1. The van der Waals surface area contributed by atoms with E-state index < -0.39 is 6.10 Å². The van der Waals surface area contributed by atoms with Crippen LogP contribution in [0.5, 0.6) is 0 Å². The van der Waals surface area contributed by atoms with Crippen molar-refractivity contribution in [3.05, 3.63) is 0 Å². The molecular weight excluding hydrogens is 218 g/mol. The first-order chi connectivity index (χ1) is 8.25. The quantitative estimate of drug-likeness (QED) is 0.603. The van der Waals surface area contributed by atoms with Crippen molar-refractivity contribution in [2.45, 2.75) is 63.7 Å². The summed E-state index contributed by atoms with van der Waals surface area (Å²) in [5, 5.41) is 9.63. The highest BCUT2D eigenvalue weighted by molar-refractivity contribution is 4.85. The van der Waals surface area contributed by atoms with E-state index in [4.69, 9.17) is 15.2 Å². The van der Waals surface area contributed by atoms with Gasteiger partial charge in [-0.25, -0.2) is 0 Å². The molecule has 17 heavy (non-hydrogen) atoms. The Balaban J connectivity index is 1.87. The van der Waals surface area contributed by atoms with E-state index in [0.717, 1.165) is 13.0 Å². The molecule has 0 amide bonds. The van der Waals surface area contributed by atoms with Crippen LogP contribution in [0, 0.1) is 0 Å². The molecule has 1 rings (SSSR count). The summed E-state index contributed by atoms with van der Waals surface area (Å²) in [6.07, 6.45) is 6.77. The van der Waals surface area contributed by atoms with Crippen LogP contribution in [0.15, 0.2) is 0 Å². The normalized spacial score (nSPS) is 28.8. The van der Waals surface area contributed by atoms with Gasteiger partial charge in [0.1, 0.15) is 6.10 Å². The van der Waals surface area contributed by atoms with Gasteiger partial charge < -0.3 is 20.3 Å². The lowest BCUT2D eigenvalue weighted by Crippen LogP contribution is -2.38. The summed E-state index contributed by atoms with van der Waals surface area (Å²) in [5.74, 6) is 0. The Morgan fingerprint density at radius 1 is 1.24 bits per heavy atom. The van der Waals surface area contributed by atoms with Crippen LogP contribution >= 0.6 is 0 Å². The van der Waals surface area contributed by atoms with Crippen LogP contribution in [0.3, 0.4) is 0 Å². The van der Waals surface area contributed by atoms with Crippen LogP contribution in [0.1, 0.15) is 45.4 Å². The van der Waals surface area contributed by atoms with E-state index in [9.17, 15) is 5.11 Å². The van der Waals surface area contributed by atoms with Gasteiger partial charge in [-0.15, -0.1) is 0 Å². The molecule has 0 aromatic rings. The van der Waals surface area contributed by atoms with Crippen molar-refractivity contribution in [2.75, 3.05) is 19.8 Å². The number of hydrogen-bond acceptors (Lipinski definition) is 4. The fraction of sp³-hybridized carbons (Fsp3) is 1.00. The number of aliphatic hydroxyl groups is 1. The molecule has 102 valence electrons. The van der Waals surface area contributed by atoms with Crippen LogP contribution in [0.4, 0.5) is 0 Å². The third-order valence-corrected chi connectivity index (χ3v) is 3.25. The van der Waals surface area contributed by atoms with E-state index in [1.807, 2.05) is 0 Å². The smallest absolute Gasteiger partial charge is 0.108 e. The minimum Gasteiger partial charge on any atom is -0.389 e. The molecule has 1 fully saturated rings. The second kappa shape index (κ2) is 8.86. The van der Waals surface area contributed by atoms with Gasteiger partial charge in [0.2, 0.25) is 0 Å². The van der Waals surface area contributed by atoms with Crippen molar-refractivity contribution in [1.29, 1.82) is 0 Å². The molecule has 4 nitrogen and oxygen atoms in total. The lowest BCUT2D eigenvalue weighted by Gasteiger charge is -2.15. The summed E-state index contributed by atoms with van der Waals surface area (Å²) >= 11 is 0. The van der Waals surface area contributed by atoms with Crippen molar-refractivity contribution in [1.82, 2.24) is 0 Å². The van der Waals surface area contributed by atoms with E-state index in [0.29, 0.717) is 13.2 Å². The van der Waals surface area contributed by atoms with Gasteiger partial charge in [-0.1, -0.05) is 39.0 Å². The van der Waals surface area contributed by atoms with E-state index >= 15 is 0 Å². The Morgan fingerprint density at radius 2 is 1.94 bits per heavy atom. The van der Waals surface area contributed by atoms with Crippen LogP contribution in [-0.2, 0) is 9.47 Å². The van der Waals surface area contributed by atoms with Gasteiger partial charge in [-0.05, 0) is 6.42 Å². The molecule has 1 saturated heterocycles. The summed E-state index contributed by atoms with van der Waals surface area (Å²) in [7, 11) is 0. The maximum absolute atomic E-state index is 9.63. The summed E-state index contributed by atoms with van der Waals surface area (Å²) in [6.45, 7) is 3.88. The van der Waals surface area contributed by atoms with Crippen LogP contribution in [-0.4, -0.2) is 43.2 Å². The van der Waals surface area contributed by atoms with Crippen molar-refractivity contribution in [3.63, 3.8) is 0 Å². The summed E-state index contributed by atoms with van der Waals surface area (Å²) < 4.78 is 10.8. The minimum absolute atomic E-state index is 0.231. The second-order valence-corrected chi connectivity index (χ2v) is 4.87. The van der Waals surface area contributed by atoms with E-state index in [1.54, 1.807) is 0 Å². The molecule has 0 spiro atoms. The van der Waals surface area contributed by atoms with Crippen molar-refractivity contribution in [2.24, 2.45) is 5.73 Å². The molecule has 1 aliphatic rings. The Hall–Kier alpha value is -0.160. The van der Waals surface area contributed by atoms with Gasteiger partial charge in [-0.2, -0.15) is 0 Å². The zero-order chi connectivity index (χ0) is 12.5.